The number of sulfonamides is 1. The van der Waals surface area contributed by atoms with E-state index in [0.29, 0.717) is 15.1 Å². The second-order valence-electron chi connectivity index (χ2n) is 4.78. The van der Waals surface area contributed by atoms with Gasteiger partial charge in [0.15, 0.2) is 0 Å². The number of hydrogen-bond donors (Lipinski definition) is 1. The largest absolute Gasteiger partial charge is 0.315 e. The van der Waals surface area contributed by atoms with Crippen molar-refractivity contribution in [2.24, 2.45) is 0 Å². The van der Waals surface area contributed by atoms with Gasteiger partial charge in [-0.05, 0) is 37.9 Å². The number of hydrogen-bond acceptors (Lipinski definition) is 4. The molecule has 108 valence electrons. The quantitative estimate of drug-likeness (QED) is 0.906. The van der Waals surface area contributed by atoms with E-state index in [0.717, 1.165) is 42.8 Å². The molecule has 0 aromatic carbocycles. The normalized spacial score (nSPS) is 20.3. The van der Waals surface area contributed by atoms with Crippen LogP contribution in [0.5, 0.6) is 0 Å². The lowest BCUT2D eigenvalue weighted by molar-refractivity contribution is 0.336. The van der Waals surface area contributed by atoms with Crippen LogP contribution in [0.3, 0.4) is 0 Å². The van der Waals surface area contributed by atoms with E-state index in [9.17, 15) is 8.42 Å². The predicted molar refractivity (Wildman–Crippen MR) is 79.5 cm³/mol. The molecular weight excluding hydrogens is 304 g/mol. The molecule has 1 saturated heterocycles. The molecule has 0 aliphatic carbocycles. The number of aryl methyl sites for hydroxylation is 1. The number of rotatable bonds is 5. The van der Waals surface area contributed by atoms with E-state index in [2.05, 4.69) is 5.32 Å². The van der Waals surface area contributed by atoms with Crippen LogP contribution in [0.4, 0.5) is 0 Å². The highest BCUT2D eigenvalue weighted by Crippen LogP contribution is 2.33. The summed E-state index contributed by atoms with van der Waals surface area (Å²) >= 11 is 7.15. The molecule has 0 spiro atoms. The fourth-order valence-electron chi connectivity index (χ4n) is 2.28. The third-order valence-corrected chi connectivity index (χ3v) is 7.24. The summed E-state index contributed by atoms with van der Waals surface area (Å²) in [5, 5.41) is 3.22. The van der Waals surface area contributed by atoms with Crippen LogP contribution < -0.4 is 5.32 Å². The van der Waals surface area contributed by atoms with Crippen molar-refractivity contribution in [3.05, 3.63) is 16.0 Å². The lowest BCUT2D eigenvalue weighted by atomic mass is 10.2. The maximum Gasteiger partial charge on any atom is 0.252 e. The van der Waals surface area contributed by atoms with E-state index in [-0.39, 0.29) is 6.04 Å². The molecule has 1 aromatic rings. The second-order valence-corrected chi connectivity index (χ2v) is 8.56. The Morgan fingerprint density at radius 1 is 1.58 bits per heavy atom. The van der Waals surface area contributed by atoms with Gasteiger partial charge in [-0.25, -0.2) is 8.42 Å². The van der Waals surface area contributed by atoms with Crippen molar-refractivity contribution in [1.82, 2.24) is 9.62 Å². The van der Waals surface area contributed by atoms with Gasteiger partial charge in [-0.2, -0.15) is 4.31 Å². The lowest BCUT2D eigenvalue weighted by Gasteiger charge is -2.26. The van der Waals surface area contributed by atoms with Gasteiger partial charge < -0.3 is 5.32 Å². The lowest BCUT2D eigenvalue weighted by Crippen LogP contribution is -2.41. The molecule has 1 atom stereocenters. The minimum absolute atomic E-state index is 0.0612. The van der Waals surface area contributed by atoms with Crippen LogP contribution >= 0.6 is 22.9 Å². The summed E-state index contributed by atoms with van der Waals surface area (Å²) < 4.78 is 28.0. The molecule has 7 heteroatoms. The summed E-state index contributed by atoms with van der Waals surface area (Å²) in [5.74, 6) is 0. The first-order valence-electron chi connectivity index (χ1n) is 6.45. The Morgan fingerprint density at radius 3 is 2.79 bits per heavy atom. The maximum absolute atomic E-state index is 12.7. The van der Waals surface area contributed by atoms with Crippen molar-refractivity contribution in [2.45, 2.75) is 36.9 Å². The zero-order chi connectivity index (χ0) is 14.0. The average Bonchev–Trinajstić information content (AvgIpc) is 2.97. The van der Waals surface area contributed by atoms with Gasteiger partial charge in [0.25, 0.3) is 10.0 Å². The zero-order valence-corrected chi connectivity index (χ0v) is 13.5. The monoisotopic (exact) mass is 322 g/mol. The van der Waals surface area contributed by atoms with Crippen molar-refractivity contribution in [3.63, 3.8) is 0 Å². The van der Waals surface area contributed by atoms with Gasteiger partial charge in [0.1, 0.15) is 4.21 Å². The molecular formula is C12H19ClN2O2S2. The SMILES string of the molecule is CCCN(C1CCNC1)S(=O)(=O)c1cc(C)c(Cl)s1. The van der Waals surface area contributed by atoms with E-state index >= 15 is 0 Å². The van der Waals surface area contributed by atoms with Crippen LogP contribution in [-0.2, 0) is 10.0 Å². The first-order chi connectivity index (χ1) is 8.96. The highest BCUT2D eigenvalue weighted by atomic mass is 35.5. The summed E-state index contributed by atoms with van der Waals surface area (Å²) in [5.41, 5.74) is 0.825. The van der Waals surface area contributed by atoms with E-state index in [1.165, 1.54) is 0 Å². The minimum Gasteiger partial charge on any atom is -0.315 e. The number of nitrogens with one attached hydrogen (secondary N) is 1. The molecule has 1 N–H and O–H groups in total. The molecule has 1 aliphatic heterocycles. The van der Waals surface area contributed by atoms with E-state index in [1.807, 2.05) is 13.8 Å². The Kier molecular flexibility index (Phi) is 4.89. The van der Waals surface area contributed by atoms with Crippen LogP contribution in [0.2, 0.25) is 4.34 Å². The molecule has 0 radical (unpaired) electrons. The molecule has 1 unspecified atom stereocenters. The summed E-state index contributed by atoms with van der Waals surface area (Å²) in [6.07, 6.45) is 1.69. The molecule has 1 aliphatic rings. The van der Waals surface area contributed by atoms with E-state index in [1.54, 1.807) is 10.4 Å². The molecule has 2 heterocycles. The van der Waals surface area contributed by atoms with Crippen LogP contribution in [0.15, 0.2) is 10.3 Å². The van der Waals surface area contributed by atoms with Crippen LogP contribution in [-0.4, -0.2) is 38.4 Å². The third kappa shape index (κ3) is 3.13. The average molecular weight is 323 g/mol. The fraction of sp³-hybridized carbons (Fsp3) is 0.667. The van der Waals surface area contributed by atoms with Crippen LogP contribution in [0.25, 0.3) is 0 Å². The summed E-state index contributed by atoms with van der Waals surface area (Å²) in [6, 6.07) is 1.74. The number of halogens is 1. The van der Waals surface area contributed by atoms with Gasteiger partial charge in [-0.1, -0.05) is 18.5 Å². The Bertz CT molecular complexity index is 516. The molecule has 0 saturated carbocycles. The highest BCUT2D eigenvalue weighted by molar-refractivity contribution is 7.91. The predicted octanol–water partition coefficient (Wildman–Crippen LogP) is 2.47. The minimum atomic E-state index is -3.42. The topological polar surface area (TPSA) is 49.4 Å². The Hall–Kier alpha value is -0.140. The van der Waals surface area contributed by atoms with Crippen molar-refractivity contribution in [3.8, 4) is 0 Å². The van der Waals surface area contributed by atoms with E-state index < -0.39 is 10.0 Å². The number of nitrogens with zero attached hydrogens (tertiary/aromatic N) is 1. The molecule has 4 nitrogen and oxygen atoms in total. The maximum atomic E-state index is 12.7. The Morgan fingerprint density at radius 2 is 2.32 bits per heavy atom. The molecule has 19 heavy (non-hydrogen) atoms. The molecule has 0 amide bonds. The van der Waals surface area contributed by atoms with Gasteiger partial charge in [0, 0.05) is 19.1 Å². The van der Waals surface area contributed by atoms with Crippen molar-refractivity contribution >= 4 is 33.0 Å². The Balaban J connectivity index is 2.33. The second kappa shape index (κ2) is 6.10. The van der Waals surface area contributed by atoms with Crippen molar-refractivity contribution < 1.29 is 8.42 Å². The summed E-state index contributed by atoms with van der Waals surface area (Å²) in [6.45, 7) is 6.00. The number of thiophene rings is 1. The van der Waals surface area contributed by atoms with Crippen LogP contribution in [0, 0.1) is 6.92 Å². The molecule has 0 bridgehead atoms. The smallest absolute Gasteiger partial charge is 0.252 e. The first-order valence-corrected chi connectivity index (χ1v) is 9.08. The van der Waals surface area contributed by atoms with Crippen molar-refractivity contribution in [2.75, 3.05) is 19.6 Å². The van der Waals surface area contributed by atoms with E-state index in [4.69, 9.17) is 11.6 Å². The summed E-state index contributed by atoms with van der Waals surface area (Å²) in [4.78, 5) is 0. The van der Waals surface area contributed by atoms with Gasteiger partial charge in [0.2, 0.25) is 0 Å². The van der Waals surface area contributed by atoms with Gasteiger partial charge in [-0.15, -0.1) is 11.3 Å². The van der Waals surface area contributed by atoms with Gasteiger partial charge in [-0.3, -0.25) is 0 Å². The third-order valence-electron chi connectivity index (χ3n) is 3.28. The first kappa shape index (κ1) is 15.3. The van der Waals surface area contributed by atoms with Gasteiger partial charge >= 0.3 is 0 Å². The zero-order valence-electron chi connectivity index (χ0n) is 11.1. The van der Waals surface area contributed by atoms with Gasteiger partial charge in [0.05, 0.1) is 4.34 Å². The molecule has 1 aromatic heterocycles. The molecule has 2 rings (SSSR count). The van der Waals surface area contributed by atoms with Crippen LogP contribution in [0.1, 0.15) is 25.3 Å². The summed E-state index contributed by atoms with van der Waals surface area (Å²) in [7, 11) is -3.42. The standard InChI is InChI=1S/C12H19ClN2O2S2/c1-3-6-15(10-4-5-14-8-10)19(16,17)11-7-9(2)12(13)18-11/h7,10,14H,3-6,8H2,1-2H3. The highest BCUT2D eigenvalue weighted by Gasteiger charge is 2.33. The van der Waals surface area contributed by atoms with Crippen molar-refractivity contribution in [1.29, 1.82) is 0 Å². The Labute approximate surface area is 123 Å². The fourth-order valence-corrected chi connectivity index (χ4v) is 5.86. The molecule has 1 fully saturated rings.